The van der Waals surface area contributed by atoms with Crippen LogP contribution in [0, 0.1) is 0 Å². The van der Waals surface area contributed by atoms with Crippen molar-refractivity contribution in [1.29, 1.82) is 0 Å². The number of fused-ring (bicyclic) bond motifs is 1. The summed E-state index contributed by atoms with van der Waals surface area (Å²) in [5, 5.41) is 16.3. The summed E-state index contributed by atoms with van der Waals surface area (Å²) in [5.74, 6) is 0.276. The van der Waals surface area contributed by atoms with Gasteiger partial charge in [0.1, 0.15) is 0 Å². The van der Waals surface area contributed by atoms with Crippen molar-refractivity contribution in [2.75, 3.05) is 45.2 Å². The number of piperidine rings is 1. The Balaban J connectivity index is 1.27. The second-order valence-corrected chi connectivity index (χ2v) is 9.64. The molecule has 2 amide bonds. The van der Waals surface area contributed by atoms with E-state index in [-0.39, 0.29) is 36.0 Å². The Labute approximate surface area is 190 Å². The van der Waals surface area contributed by atoms with Crippen molar-refractivity contribution in [1.82, 2.24) is 20.4 Å². The second-order valence-electron chi connectivity index (χ2n) is 9.64. The van der Waals surface area contributed by atoms with Gasteiger partial charge in [-0.25, -0.2) is 0 Å². The molecular formula is C24H37N5O3. The fourth-order valence-electron chi connectivity index (χ4n) is 5.13. The number of likely N-dealkylation sites (tertiary alicyclic amines) is 1. The lowest BCUT2D eigenvalue weighted by Gasteiger charge is -2.37. The largest absolute Gasteiger partial charge is 0.393 e. The summed E-state index contributed by atoms with van der Waals surface area (Å²) >= 11 is 0. The Hall–Kier alpha value is -2.16. The molecule has 3 aliphatic heterocycles. The monoisotopic (exact) mass is 443 g/mol. The number of anilines is 1. The molecule has 3 fully saturated rings. The normalized spacial score (nSPS) is 26.7. The number of aliphatic hydroxyl groups excluding tert-OH is 1. The molecule has 3 aliphatic rings. The fourth-order valence-corrected chi connectivity index (χ4v) is 5.13. The van der Waals surface area contributed by atoms with Crippen molar-refractivity contribution in [2.24, 2.45) is 0 Å². The van der Waals surface area contributed by atoms with Crippen LogP contribution in [0.25, 0.3) is 0 Å². The van der Waals surface area contributed by atoms with Crippen LogP contribution >= 0.6 is 0 Å². The number of carbonyl (C=O) groups excluding carboxylic acids is 2. The lowest BCUT2D eigenvalue weighted by Crippen LogP contribution is -2.58. The maximum atomic E-state index is 12.6. The Bertz CT molecular complexity index is 791. The zero-order valence-corrected chi connectivity index (χ0v) is 19.3. The summed E-state index contributed by atoms with van der Waals surface area (Å²) in [7, 11) is 4.07. The van der Waals surface area contributed by atoms with E-state index >= 15 is 0 Å². The highest BCUT2D eigenvalue weighted by molar-refractivity contribution is 5.83. The summed E-state index contributed by atoms with van der Waals surface area (Å²) in [6.45, 7) is 3.53. The summed E-state index contributed by atoms with van der Waals surface area (Å²) in [4.78, 5) is 31.4. The van der Waals surface area contributed by atoms with E-state index in [0.717, 1.165) is 25.9 Å². The molecule has 32 heavy (non-hydrogen) atoms. The molecule has 0 radical (unpaired) electrons. The minimum Gasteiger partial charge on any atom is -0.393 e. The number of benzene rings is 1. The van der Waals surface area contributed by atoms with Gasteiger partial charge in [-0.2, -0.15) is 0 Å². The minimum atomic E-state index is -0.270. The van der Waals surface area contributed by atoms with Crippen LogP contribution in [-0.2, 0) is 16.1 Å². The van der Waals surface area contributed by atoms with Crippen LogP contribution in [0.15, 0.2) is 24.3 Å². The predicted molar refractivity (Wildman–Crippen MR) is 124 cm³/mol. The van der Waals surface area contributed by atoms with Crippen molar-refractivity contribution < 1.29 is 14.7 Å². The zero-order chi connectivity index (χ0) is 22.7. The van der Waals surface area contributed by atoms with Gasteiger partial charge in [-0.05, 0) is 43.4 Å². The molecule has 0 aliphatic carbocycles. The van der Waals surface area contributed by atoms with E-state index in [4.69, 9.17) is 0 Å². The number of nitrogens with zero attached hydrogens (tertiary/aromatic N) is 3. The molecule has 3 heterocycles. The van der Waals surface area contributed by atoms with E-state index in [9.17, 15) is 14.7 Å². The first-order valence-corrected chi connectivity index (χ1v) is 11.9. The highest BCUT2D eigenvalue weighted by Crippen LogP contribution is 2.26. The van der Waals surface area contributed by atoms with Crippen molar-refractivity contribution >= 4 is 17.5 Å². The smallest absolute Gasteiger partial charge is 0.237 e. The molecule has 8 nitrogen and oxygen atoms in total. The summed E-state index contributed by atoms with van der Waals surface area (Å²) in [6, 6.07) is 8.89. The molecule has 8 heteroatoms. The standard InChI is InChI=1S/C24H37N5O3/c1-27(2)19-5-3-17(4-6-19)14-25-18-13-22-24(32)26-15-20(29(22)16-18)7-8-23(31)28-11-9-21(30)10-12-28/h3-6,18,20-22,25,30H,7-16H2,1-2H3,(H,26,32)/t18-,20+,22-/m0/s1. The summed E-state index contributed by atoms with van der Waals surface area (Å²) in [5.41, 5.74) is 2.42. The van der Waals surface area contributed by atoms with Gasteiger partial charge in [0.2, 0.25) is 11.8 Å². The number of hydrogen-bond donors (Lipinski definition) is 3. The maximum Gasteiger partial charge on any atom is 0.237 e. The van der Waals surface area contributed by atoms with Crippen LogP contribution in [0.2, 0.25) is 0 Å². The van der Waals surface area contributed by atoms with Crippen LogP contribution in [0.3, 0.4) is 0 Å². The average molecular weight is 444 g/mol. The Kier molecular flexibility index (Phi) is 7.33. The number of nitrogens with one attached hydrogen (secondary N) is 2. The molecule has 0 bridgehead atoms. The molecule has 1 aromatic rings. The number of aliphatic hydroxyl groups is 1. The van der Waals surface area contributed by atoms with Gasteiger partial charge in [0.15, 0.2) is 0 Å². The molecule has 3 atom stereocenters. The highest BCUT2D eigenvalue weighted by atomic mass is 16.3. The van der Waals surface area contributed by atoms with E-state index in [1.54, 1.807) is 0 Å². The van der Waals surface area contributed by atoms with Gasteiger partial charge in [-0.1, -0.05) is 12.1 Å². The van der Waals surface area contributed by atoms with Crippen LogP contribution in [0.1, 0.15) is 37.7 Å². The van der Waals surface area contributed by atoms with Crippen LogP contribution in [-0.4, -0.2) is 91.2 Å². The van der Waals surface area contributed by atoms with Crippen LogP contribution < -0.4 is 15.5 Å². The third kappa shape index (κ3) is 5.42. The van der Waals surface area contributed by atoms with Gasteiger partial charge in [-0.15, -0.1) is 0 Å². The molecule has 1 aromatic carbocycles. The lowest BCUT2D eigenvalue weighted by molar-refractivity contribution is -0.134. The number of piperazine rings is 1. The van der Waals surface area contributed by atoms with E-state index in [2.05, 4.69) is 44.7 Å². The van der Waals surface area contributed by atoms with Crippen LogP contribution in [0.4, 0.5) is 5.69 Å². The van der Waals surface area contributed by atoms with Gasteiger partial charge < -0.3 is 25.5 Å². The van der Waals surface area contributed by atoms with E-state index in [0.29, 0.717) is 38.9 Å². The summed E-state index contributed by atoms with van der Waals surface area (Å²) < 4.78 is 0. The van der Waals surface area contributed by atoms with Gasteiger partial charge in [0, 0.05) is 71.0 Å². The Morgan fingerprint density at radius 1 is 1.22 bits per heavy atom. The molecule has 176 valence electrons. The zero-order valence-electron chi connectivity index (χ0n) is 19.3. The molecule has 4 rings (SSSR count). The quantitative estimate of drug-likeness (QED) is 0.570. The van der Waals surface area contributed by atoms with E-state index < -0.39 is 0 Å². The Morgan fingerprint density at radius 3 is 2.62 bits per heavy atom. The number of rotatable bonds is 7. The van der Waals surface area contributed by atoms with Gasteiger partial charge in [-0.3, -0.25) is 14.5 Å². The van der Waals surface area contributed by atoms with Crippen molar-refractivity contribution in [3.8, 4) is 0 Å². The third-order valence-electron chi connectivity index (χ3n) is 7.18. The minimum absolute atomic E-state index is 0.109. The first kappa shape index (κ1) is 23.0. The molecule has 0 saturated carbocycles. The first-order valence-electron chi connectivity index (χ1n) is 11.9. The highest BCUT2D eigenvalue weighted by Gasteiger charge is 2.43. The van der Waals surface area contributed by atoms with Crippen LogP contribution in [0.5, 0.6) is 0 Å². The van der Waals surface area contributed by atoms with Gasteiger partial charge in [0.25, 0.3) is 0 Å². The van der Waals surface area contributed by atoms with E-state index in [1.807, 2.05) is 19.0 Å². The van der Waals surface area contributed by atoms with Crippen molar-refractivity contribution in [3.63, 3.8) is 0 Å². The molecule has 0 aromatic heterocycles. The topological polar surface area (TPSA) is 88.2 Å². The van der Waals surface area contributed by atoms with Crippen molar-refractivity contribution in [3.05, 3.63) is 29.8 Å². The average Bonchev–Trinajstić information content (AvgIpc) is 3.23. The van der Waals surface area contributed by atoms with Crippen molar-refractivity contribution in [2.45, 2.75) is 62.9 Å². The Morgan fingerprint density at radius 2 is 1.94 bits per heavy atom. The van der Waals surface area contributed by atoms with E-state index in [1.165, 1.54) is 11.3 Å². The molecule has 0 unspecified atom stereocenters. The number of hydrogen-bond acceptors (Lipinski definition) is 6. The number of carbonyl (C=O) groups is 2. The molecule has 3 saturated heterocycles. The summed E-state index contributed by atoms with van der Waals surface area (Å²) in [6.07, 6.45) is 3.13. The second kappa shape index (κ2) is 10.2. The lowest BCUT2D eigenvalue weighted by atomic mass is 10.0. The molecule has 3 N–H and O–H groups in total. The first-order chi connectivity index (χ1) is 15.4. The maximum absolute atomic E-state index is 12.6. The fraction of sp³-hybridized carbons (Fsp3) is 0.667. The number of amides is 2. The van der Waals surface area contributed by atoms with Gasteiger partial charge >= 0.3 is 0 Å². The molecule has 0 spiro atoms. The molecular weight excluding hydrogens is 406 g/mol. The SMILES string of the molecule is CN(C)c1ccc(CN[C@H]2C[C@H]3C(=O)NC[C@@H](CCC(=O)N4CCC(O)CC4)N3C2)cc1. The predicted octanol–water partition coefficient (Wildman–Crippen LogP) is 0.547. The third-order valence-corrected chi connectivity index (χ3v) is 7.18. The van der Waals surface area contributed by atoms with Gasteiger partial charge in [0.05, 0.1) is 12.1 Å².